The van der Waals surface area contributed by atoms with Crippen molar-refractivity contribution in [2.24, 2.45) is 0 Å². The molecule has 2 amide bonds. The summed E-state index contributed by atoms with van der Waals surface area (Å²) in [7, 11) is 0. The predicted octanol–water partition coefficient (Wildman–Crippen LogP) is 4.76. The quantitative estimate of drug-likeness (QED) is 0.363. The molecule has 3 rings (SSSR count). The fourth-order valence-corrected chi connectivity index (χ4v) is 3.16. The molecule has 0 unspecified atom stereocenters. The largest absolute Gasteiger partial charge is 0.478 e. The average molecular weight is 454 g/mol. The van der Waals surface area contributed by atoms with Crippen LogP contribution in [0, 0.1) is 17.0 Å². The van der Waals surface area contributed by atoms with E-state index in [1.165, 1.54) is 30.3 Å². The Hall–Kier alpha value is -4.24. The second-order valence-corrected chi connectivity index (χ2v) is 7.07. The number of rotatable bonds is 6. The van der Waals surface area contributed by atoms with Crippen LogP contribution in [0.3, 0.4) is 0 Å². The van der Waals surface area contributed by atoms with Crippen LogP contribution in [-0.4, -0.2) is 27.8 Å². The molecule has 0 saturated carbocycles. The topological polar surface area (TPSA) is 139 Å². The summed E-state index contributed by atoms with van der Waals surface area (Å²) in [5, 5.41) is 25.4. The number of hydrogen-bond donors (Lipinski definition) is 3. The number of nitro groups is 1. The lowest BCUT2D eigenvalue weighted by Gasteiger charge is -2.14. The van der Waals surface area contributed by atoms with Gasteiger partial charge in [-0.05, 0) is 48.9 Å². The van der Waals surface area contributed by atoms with Crippen LogP contribution in [0.4, 0.5) is 17.1 Å². The van der Waals surface area contributed by atoms with Crippen LogP contribution in [0.2, 0.25) is 5.02 Å². The van der Waals surface area contributed by atoms with Gasteiger partial charge in [-0.25, -0.2) is 4.79 Å². The maximum Gasteiger partial charge on any atom is 0.337 e. The van der Waals surface area contributed by atoms with Gasteiger partial charge in [-0.1, -0.05) is 29.8 Å². The van der Waals surface area contributed by atoms with Gasteiger partial charge in [0.25, 0.3) is 17.5 Å². The van der Waals surface area contributed by atoms with Crippen molar-refractivity contribution in [3.8, 4) is 0 Å². The van der Waals surface area contributed by atoms with Gasteiger partial charge in [0, 0.05) is 22.9 Å². The average Bonchev–Trinajstić information content (AvgIpc) is 2.75. The van der Waals surface area contributed by atoms with Crippen LogP contribution in [0.25, 0.3) is 0 Å². The normalized spacial score (nSPS) is 10.3. The predicted molar refractivity (Wildman–Crippen MR) is 119 cm³/mol. The number of carboxylic acids is 1. The van der Waals surface area contributed by atoms with E-state index in [2.05, 4.69) is 10.6 Å². The molecule has 0 aliphatic heterocycles. The third-order valence-corrected chi connectivity index (χ3v) is 4.96. The number of carboxylic acid groups (broad SMARTS) is 1. The highest BCUT2D eigenvalue weighted by Gasteiger charge is 2.19. The number of nitrogens with one attached hydrogen (secondary N) is 2. The lowest BCUT2D eigenvalue weighted by Crippen LogP contribution is -2.18. The Morgan fingerprint density at radius 3 is 2.22 bits per heavy atom. The summed E-state index contributed by atoms with van der Waals surface area (Å²) in [6.07, 6.45) is 0. The maximum absolute atomic E-state index is 12.8. The molecular weight excluding hydrogens is 438 g/mol. The minimum Gasteiger partial charge on any atom is -0.478 e. The zero-order chi connectivity index (χ0) is 23.4. The van der Waals surface area contributed by atoms with E-state index in [1.54, 1.807) is 31.2 Å². The highest BCUT2D eigenvalue weighted by atomic mass is 35.5. The second-order valence-electron chi connectivity index (χ2n) is 6.66. The molecule has 0 spiro atoms. The molecule has 32 heavy (non-hydrogen) atoms. The Labute approximate surface area is 186 Å². The Kier molecular flexibility index (Phi) is 6.50. The van der Waals surface area contributed by atoms with Crippen LogP contribution in [0.15, 0.2) is 60.7 Å². The molecule has 0 heterocycles. The van der Waals surface area contributed by atoms with E-state index in [0.29, 0.717) is 11.3 Å². The van der Waals surface area contributed by atoms with Crippen molar-refractivity contribution in [1.29, 1.82) is 0 Å². The second kappa shape index (κ2) is 9.27. The van der Waals surface area contributed by atoms with Crippen molar-refractivity contribution < 1.29 is 24.4 Å². The molecule has 9 nitrogen and oxygen atoms in total. The van der Waals surface area contributed by atoms with Gasteiger partial charge < -0.3 is 15.7 Å². The number of nitrogens with zero attached hydrogens (tertiary/aromatic N) is 1. The van der Waals surface area contributed by atoms with Crippen molar-refractivity contribution in [3.63, 3.8) is 0 Å². The first-order valence-electron chi connectivity index (χ1n) is 9.17. The van der Waals surface area contributed by atoms with E-state index in [1.807, 2.05) is 0 Å². The van der Waals surface area contributed by atoms with Crippen molar-refractivity contribution in [1.82, 2.24) is 0 Å². The molecule has 3 N–H and O–H groups in total. The monoisotopic (exact) mass is 453 g/mol. The maximum atomic E-state index is 12.8. The minimum absolute atomic E-state index is 0.0192. The number of carbonyl (C=O) groups is 3. The standard InChI is InChI=1S/C22H16ClN3O6/c1-12-14(21(28)25-18-7-3-2-5-15(18)22(29)30)6-4-8-17(12)24-20(27)13-9-10-16(23)19(11-13)26(31)32/h2-11H,1H3,(H,24,27)(H,25,28)(H,29,30). The molecule has 0 aromatic heterocycles. The van der Waals surface area contributed by atoms with Crippen LogP contribution < -0.4 is 10.6 Å². The van der Waals surface area contributed by atoms with E-state index in [0.717, 1.165) is 6.07 Å². The molecule has 0 bridgehead atoms. The third kappa shape index (κ3) is 4.73. The summed E-state index contributed by atoms with van der Waals surface area (Å²) >= 11 is 5.78. The van der Waals surface area contributed by atoms with Gasteiger partial charge in [-0.15, -0.1) is 0 Å². The van der Waals surface area contributed by atoms with E-state index >= 15 is 0 Å². The fourth-order valence-electron chi connectivity index (χ4n) is 2.97. The smallest absolute Gasteiger partial charge is 0.337 e. The Bertz CT molecular complexity index is 1260. The Balaban J connectivity index is 1.85. The van der Waals surface area contributed by atoms with Gasteiger partial charge in [0.2, 0.25) is 0 Å². The number of carbonyl (C=O) groups excluding carboxylic acids is 2. The number of nitro benzene ring substituents is 1. The molecule has 10 heteroatoms. The van der Waals surface area contributed by atoms with E-state index in [4.69, 9.17) is 11.6 Å². The van der Waals surface area contributed by atoms with E-state index in [9.17, 15) is 29.6 Å². The van der Waals surface area contributed by atoms with Gasteiger partial charge in [0.05, 0.1) is 16.2 Å². The molecule has 0 fully saturated rings. The summed E-state index contributed by atoms with van der Waals surface area (Å²) in [5.41, 5.74) is 0.637. The number of halogens is 1. The number of anilines is 2. The lowest BCUT2D eigenvalue weighted by molar-refractivity contribution is -0.384. The number of hydrogen-bond acceptors (Lipinski definition) is 5. The Morgan fingerprint density at radius 2 is 1.53 bits per heavy atom. The molecular formula is C22H16ClN3O6. The first-order chi connectivity index (χ1) is 15.2. The molecule has 162 valence electrons. The highest BCUT2D eigenvalue weighted by molar-refractivity contribution is 6.32. The van der Waals surface area contributed by atoms with Gasteiger partial charge in [0.1, 0.15) is 5.02 Å². The van der Waals surface area contributed by atoms with Gasteiger partial charge in [0.15, 0.2) is 0 Å². The van der Waals surface area contributed by atoms with Crippen LogP contribution in [0.1, 0.15) is 36.6 Å². The van der Waals surface area contributed by atoms with Crippen molar-refractivity contribution in [2.45, 2.75) is 6.92 Å². The summed E-state index contributed by atoms with van der Waals surface area (Å²) in [6.45, 7) is 1.61. The zero-order valence-electron chi connectivity index (χ0n) is 16.6. The fraction of sp³-hybridized carbons (Fsp3) is 0.0455. The number of benzene rings is 3. The van der Waals surface area contributed by atoms with E-state index in [-0.39, 0.29) is 27.4 Å². The molecule has 0 radical (unpaired) electrons. The lowest BCUT2D eigenvalue weighted by atomic mass is 10.0. The van der Waals surface area contributed by atoms with Crippen LogP contribution in [0.5, 0.6) is 0 Å². The molecule has 0 aliphatic carbocycles. The molecule has 3 aromatic carbocycles. The first kappa shape index (κ1) is 22.4. The molecule has 0 aliphatic rings. The van der Waals surface area contributed by atoms with E-state index < -0.39 is 28.4 Å². The highest BCUT2D eigenvalue weighted by Crippen LogP contribution is 2.26. The zero-order valence-corrected chi connectivity index (χ0v) is 17.3. The Morgan fingerprint density at radius 1 is 0.906 bits per heavy atom. The van der Waals surface area contributed by atoms with Crippen molar-refractivity contribution in [2.75, 3.05) is 10.6 Å². The SMILES string of the molecule is Cc1c(NC(=O)c2ccc(Cl)c([N+](=O)[O-])c2)cccc1C(=O)Nc1ccccc1C(=O)O. The van der Waals surface area contributed by atoms with Gasteiger partial charge in [-0.3, -0.25) is 19.7 Å². The summed E-state index contributed by atoms with van der Waals surface area (Å²) in [5.74, 6) is -2.37. The summed E-state index contributed by atoms with van der Waals surface area (Å²) in [4.78, 5) is 47.1. The minimum atomic E-state index is -1.18. The van der Waals surface area contributed by atoms with Crippen LogP contribution >= 0.6 is 11.6 Å². The third-order valence-electron chi connectivity index (χ3n) is 4.64. The van der Waals surface area contributed by atoms with Crippen molar-refractivity contribution >= 4 is 46.4 Å². The molecule has 0 atom stereocenters. The summed E-state index contributed by atoms with van der Waals surface area (Å²) in [6, 6.07) is 14.3. The van der Waals surface area contributed by atoms with Gasteiger partial charge in [-0.2, -0.15) is 0 Å². The molecule has 3 aromatic rings. The van der Waals surface area contributed by atoms with Gasteiger partial charge >= 0.3 is 5.97 Å². The number of para-hydroxylation sites is 1. The van der Waals surface area contributed by atoms with Crippen molar-refractivity contribution in [3.05, 3.63) is 98.1 Å². The number of amides is 2. The molecule has 0 saturated heterocycles. The first-order valence-corrected chi connectivity index (χ1v) is 9.55. The number of aromatic carboxylic acids is 1. The van der Waals surface area contributed by atoms with Crippen LogP contribution in [-0.2, 0) is 0 Å². The summed E-state index contributed by atoms with van der Waals surface area (Å²) < 4.78 is 0.